The Morgan fingerprint density at radius 1 is 1.21 bits per heavy atom. The van der Waals surface area contributed by atoms with E-state index in [0.29, 0.717) is 6.42 Å². The SMILES string of the molecule is Cc1noc(C)c1CC(=O)N1CCN(C[C@H]2C[C@H]3C=C[C@H]2C3)CC1. The molecule has 1 saturated carbocycles. The molecule has 2 heterocycles. The largest absolute Gasteiger partial charge is 0.361 e. The van der Waals surface area contributed by atoms with Gasteiger partial charge in [-0.15, -0.1) is 0 Å². The van der Waals surface area contributed by atoms with Crippen molar-refractivity contribution in [2.24, 2.45) is 17.8 Å². The van der Waals surface area contributed by atoms with Crippen LogP contribution in [0, 0.1) is 31.6 Å². The van der Waals surface area contributed by atoms with E-state index in [9.17, 15) is 4.79 Å². The standard InChI is InChI=1S/C19H27N3O2/c1-13-18(14(2)24-20-13)11-19(23)22-7-5-21(6-8-22)12-17-10-15-3-4-16(17)9-15/h3-4,15-17H,5-12H2,1-2H3/t15-,16-,17+/m0/s1. The lowest BCUT2D eigenvalue weighted by molar-refractivity contribution is -0.132. The highest BCUT2D eigenvalue weighted by Gasteiger charge is 2.36. The first-order chi connectivity index (χ1) is 11.6. The summed E-state index contributed by atoms with van der Waals surface area (Å²) in [5, 5.41) is 3.94. The van der Waals surface area contributed by atoms with Crippen LogP contribution < -0.4 is 0 Å². The third-order valence-corrected chi connectivity index (χ3v) is 6.14. The summed E-state index contributed by atoms with van der Waals surface area (Å²) >= 11 is 0. The Bertz CT molecular complexity index is 624. The first-order valence-corrected chi connectivity index (χ1v) is 9.20. The van der Waals surface area contributed by atoms with Crippen molar-refractivity contribution < 1.29 is 9.32 Å². The molecule has 1 saturated heterocycles. The lowest BCUT2D eigenvalue weighted by Gasteiger charge is -2.37. The summed E-state index contributed by atoms with van der Waals surface area (Å²) in [6, 6.07) is 0. The van der Waals surface area contributed by atoms with E-state index in [2.05, 4.69) is 22.2 Å². The normalized spacial score (nSPS) is 29.6. The van der Waals surface area contributed by atoms with E-state index in [-0.39, 0.29) is 5.91 Å². The molecule has 1 amide bonds. The van der Waals surface area contributed by atoms with Gasteiger partial charge in [-0.05, 0) is 44.4 Å². The van der Waals surface area contributed by atoms with Crippen LogP contribution in [0.2, 0.25) is 0 Å². The number of hydrogen-bond donors (Lipinski definition) is 0. The van der Waals surface area contributed by atoms with Gasteiger partial charge >= 0.3 is 0 Å². The number of piperazine rings is 1. The lowest BCUT2D eigenvalue weighted by Crippen LogP contribution is -2.50. The maximum Gasteiger partial charge on any atom is 0.227 e. The zero-order valence-corrected chi connectivity index (χ0v) is 14.7. The fraction of sp³-hybridized carbons (Fsp3) is 0.684. The quantitative estimate of drug-likeness (QED) is 0.795. The molecule has 1 aromatic rings. The molecule has 0 spiro atoms. The highest BCUT2D eigenvalue weighted by Crippen LogP contribution is 2.43. The lowest BCUT2D eigenvalue weighted by atomic mass is 9.93. The minimum Gasteiger partial charge on any atom is -0.361 e. The first-order valence-electron chi connectivity index (χ1n) is 9.20. The molecule has 0 unspecified atom stereocenters. The number of hydrogen-bond acceptors (Lipinski definition) is 4. The predicted molar refractivity (Wildman–Crippen MR) is 91.5 cm³/mol. The molecule has 130 valence electrons. The molecule has 3 atom stereocenters. The van der Waals surface area contributed by atoms with Crippen molar-refractivity contribution in [3.8, 4) is 0 Å². The van der Waals surface area contributed by atoms with Crippen LogP contribution >= 0.6 is 0 Å². The van der Waals surface area contributed by atoms with Gasteiger partial charge in [0, 0.05) is 38.3 Å². The molecule has 2 bridgehead atoms. The zero-order valence-electron chi connectivity index (χ0n) is 14.7. The third-order valence-electron chi connectivity index (χ3n) is 6.14. The topological polar surface area (TPSA) is 49.6 Å². The van der Waals surface area contributed by atoms with Crippen LogP contribution in [-0.4, -0.2) is 53.6 Å². The molecule has 0 radical (unpaired) electrons. The first kappa shape index (κ1) is 15.9. The van der Waals surface area contributed by atoms with E-state index >= 15 is 0 Å². The van der Waals surface area contributed by atoms with Gasteiger partial charge in [-0.25, -0.2) is 0 Å². The molecule has 5 nitrogen and oxygen atoms in total. The monoisotopic (exact) mass is 329 g/mol. The summed E-state index contributed by atoms with van der Waals surface area (Å²) < 4.78 is 5.16. The molecule has 1 aliphatic heterocycles. The van der Waals surface area contributed by atoms with Crippen LogP contribution in [0.25, 0.3) is 0 Å². The average Bonchev–Trinajstić information content (AvgIpc) is 3.27. The van der Waals surface area contributed by atoms with Crippen LogP contribution in [0.3, 0.4) is 0 Å². The number of aromatic nitrogens is 1. The summed E-state index contributed by atoms with van der Waals surface area (Å²) in [6.45, 7) is 8.69. The van der Waals surface area contributed by atoms with Gasteiger partial charge < -0.3 is 9.42 Å². The maximum absolute atomic E-state index is 12.6. The summed E-state index contributed by atoms with van der Waals surface area (Å²) in [5.74, 6) is 3.47. The molecule has 5 heteroatoms. The van der Waals surface area contributed by atoms with E-state index < -0.39 is 0 Å². The minimum absolute atomic E-state index is 0.201. The Kier molecular flexibility index (Phi) is 4.21. The van der Waals surface area contributed by atoms with Crippen molar-refractivity contribution in [1.82, 2.24) is 15.0 Å². The summed E-state index contributed by atoms with van der Waals surface area (Å²) in [4.78, 5) is 17.1. The smallest absolute Gasteiger partial charge is 0.227 e. The molecule has 3 aliphatic rings. The van der Waals surface area contributed by atoms with Crippen molar-refractivity contribution in [2.75, 3.05) is 32.7 Å². The van der Waals surface area contributed by atoms with Crippen molar-refractivity contribution in [2.45, 2.75) is 33.1 Å². The Labute approximate surface area is 143 Å². The number of rotatable bonds is 4. The molecular weight excluding hydrogens is 302 g/mol. The van der Waals surface area contributed by atoms with Gasteiger partial charge in [0.1, 0.15) is 5.76 Å². The van der Waals surface area contributed by atoms with Crippen LogP contribution in [0.15, 0.2) is 16.7 Å². The molecule has 0 N–H and O–H groups in total. The zero-order chi connectivity index (χ0) is 16.7. The Morgan fingerprint density at radius 3 is 2.58 bits per heavy atom. The van der Waals surface area contributed by atoms with Gasteiger partial charge in [0.15, 0.2) is 0 Å². The van der Waals surface area contributed by atoms with E-state index in [1.807, 2.05) is 18.7 Å². The Balaban J connectivity index is 1.27. The molecule has 2 fully saturated rings. The number of aryl methyl sites for hydroxylation is 2. The summed E-state index contributed by atoms with van der Waals surface area (Å²) in [5.41, 5.74) is 1.79. The second kappa shape index (κ2) is 6.36. The highest BCUT2D eigenvalue weighted by molar-refractivity contribution is 5.79. The summed E-state index contributed by atoms with van der Waals surface area (Å²) in [7, 11) is 0. The van der Waals surface area contributed by atoms with Gasteiger partial charge in [-0.1, -0.05) is 17.3 Å². The van der Waals surface area contributed by atoms with Crippen LogP contribution in [-0.2, 0) is 11.2 Å². The molecule has 2 aliphatic carbocycles. The van der Waals surface area contributed by atoms with Gasteiger partial charge in [-0.3, -0.25) is 9.69 Å². The van der Waals surface area contributed by atoms with Crippen LogP contribution in [0.4, 0.5) is 0 Å². The van der Waals surface area contributed by atoms with Gasteiger partial charge in [0.25, 0.3) is 0 Å². The van der Waals surface area contributed by atoms with Crippen LogP contribution in [0.5, 0.6) is 0 Å². The second-order valence-electron chi connectivity index (χ2n) is 7.70. The van der Waals surface area contributed by atoms with Crippen molar-refractivity contribution in [3.05, 3.63) is 29.2 Å². The average molecular weight is 329 g/mol. The van der Waals surface area contributed by atoms with Crippen molar-refractivity contribution >= 4 is 5.91 Å². The highest BCUT2D eigenvalue weighted by atomic mass is 16.5. The molecule has 24 heavy (non-hydrogen) atoms. The fourth-order valence-electron chi connectivity index (χ4n) is 4.63. The van der Waals surface area contributed by atoms with Crippen LogP contribution in [0.1, 0.15) is 29.9 Å². The van der Waals surface area contributed by atoms with E-state index in [0.717, 1.165) is 61.0 Å². The number of allylic oxidation sites excluding steroid dienone is 2. The second-order valence-corrected chi connectivity index (χ2v) is 7.70. The van der Waals surface area contributed by atoms with Gasteiger partial charge in [0.05, 0.1) is 12.1 Å². The number of carbonyl (C=O) groups excluding carboxylic acids is 1. The molecule has 0 aromatic carbocycles. The summed E-state index contributed by atoms with van der Waals surface area (Å²) in [6.07, 6.45) is 8.00. The Morgan fingerprint density at radius 2 is 2.00 bits per heavy atom. The molecule has 4 rings (SSSR count). The van der Waals surface area contributed by atoms with Crippen molar-refractivity contribution in [3.63, 3.8) is 0 Å². The number of nitrogens with zero attached hydrogens (tertiary/aromatic N) is 3. The number of carbonyl (C=O) groups is 1. The Hall–Kier alpha value is -1.62. The van der Waals surface area contributed by atoms with E-state index in [1.54, 1.807) is 0 Å². The maximum atomic E-state index is 12.6. The number of amides is 1. The third kappa shape index (κ3) is 3.02. The van der Waals surface area contributed by atoms with Gasteiger partial charge in [-0.2, -0.15) is 0 Å². The minimum atomic E-state index is 0.201. The van der Waals surface area contributed by atoms with E-state index in [4.69, 9.17) is 4.52 Å². The number of fused-ring (bicyclic) bond motifs is 2. The fourth-order valence-corrected chi connectivity index (χ4v) is 4.63. The predicted octanol–water partition coefficient (Wildman–Crippen LogP) is 2.19. The van der Waals surface area contributed by atoms with E-state index in [1.165, 1.54) is 19.4 Å². The molecular formula is C19H27N3O2. The van der Waals surface area contributed by atoms with Gasteiger partial charge in [0.2, 0.25) is 5.91 Å². The molecule has 1 aromatic heterocycles. The van der Waals surface area contributed by atoms with Crippen molar-refractivity contribution in [1.29, 1.82) is 0 Å².